The predicted octanol–water partition coefficient (Wildman–Crippen LogP) is 0.732. The summed E-state index contributed by atoms with van der Waals surface area (Å²) in [5.74, 6) is 0.624. The van der Waals surface area contributed by atoms with Gasteiger partial charge in [-0.25, -0.2) is 0 Å². The summed E-state index contributed by atoms with van der Waals surface area (Å²) in [5.41, 5.74) is 0. The maximum atomic E-state index is 11.1. The molecule has 3 heterocycles. The van der Waals surface area contributed by atoms with Crippen molar-refractivity contribution in [3.63, 3.8) is 0 Å². The van der Waals surface area contributed by atoms with Gasteiger partial charge >= 0.3 is 5.82 Å². The Morgan fingerprint density at radius 1 is 1.65 bits per heavy atom. The van der Waals surface area contributed by atoms with Crippen molar-refractivity contribution in [2.24, 2.45) is 5.92 Å². The lowest BCUT2D eigenvalue weighted by Crippen LogP contribution is -2.48. The average Bonchev–Trinajstić information content (AvgIpc) is 2.74. The minimum atomic E-state index is -0.408. The zero-order valence-corrected chi connectivity index (χ0v) is 9.63. The van der Waals surface area contributed by atoms with Crippen LogP contribution in [-0.4, -0.2) is 39.1 Å². The second-order valence-electron chi connectivity index (χ2n) is 4.03. The van der Waals surface area contributed by atoms with Crippen molar-refractivity contribution in [2.45, 2.75) is 0 Å². The fourth-order valence-electron chi connectivity index (χ4n) is 2.00. The van der Waals surface area contributed by atoms with Crippen molar-refractivity contribution in [2.75, 3.05) is 24.6 Å². The van der Waals surface area contributed by atoms with E-state index in [0.29, 0.717) is 23.9 Å². The number of fused-ring (bicyclic) bond motifs is 1. The van der Waals surface area contributed by atoms with Crippen LogP contribution in [0.15, 0.2) is 11.6 Å². The van der Waals surface area contributed by atoms with E-state index in [-0.39, 0.29) is 18.3 Å². The van der Waals surface area contributed by atoms with E-state index in [2.05, 4.69) is 4.98 Å². The molecule has 0 atom stereocenters. The summed E-state index contributed by atoms with van der Waals surface area (Å²) in [6.07, 6.45) is 1.65. The lowest BCUT2D eigenvalue weighted by atomic mass is 10.0. The topological polar surface area (TPSA) is 83.9 Å². The van der Waals surface area contributed by atoms with E-state index in [9.17, 15) is 10.1 Å². The Labute approximate surface area is 100 Å². The Kier molecular flexibility index (Phi) is 2.26. The molecule has 1 aliphatic heterocycles. The third-order valence-corrected chi connectivity index (χ3v) is 3.66. The van der Waals surface area contributed by atoms with Gasteiger partial charge < -0.3 is 20.1 Å². The Morgan fingerprint density at radius 3 is 3.06 bits per heavy atom. The van der Waals surface area contributed by atoms with E-state index in [1.165, 1.54) is 15.7 Å². The third kappa shape index (κ3) is 1.48. The molecule has 2 aromatic rings. The summed E-state index contributed by atoms with van der Waals surface area (Å²) in [6, 6.07) is 0. The normalized spacial score (nSPS) is 16.4. The smallest absolute Gasteiger partial charge is 0.373 e. The van der Waals surface area contributed by atoms with E-state index in [1.54, 1.807) is 11.6 Å². The summed E-state index contributed by atoms with van der Waals surface area (Å²) in [6.45, 7) is 1.37. The van der Waals surface area contributed by atoms with Crippen LogP contribution in [0, 0.1) is 16.0 Å². The van der Waals surface area contributed by atoms with E-state index >= 15 is 0 Å². The molecule has 0 saturated carbocycles. The molecule has 1 saturated heterocycles. The Morgan fingerprint density at radius 2 is 2.41 bits per heavy atom. The second kappa shape index (κ2) is 3.67. The maximum absolute atomic E-state index is 11.1. The van der Waals surface area contributed by atoms with Crippen LogP contribution in [0.25, 0.3) is 4.96 Å². The largest absolute Gasteiger partial charge is 0.396 e. The number of rotatable bonds is 3. The minimum absolute atomic E-state index is 0.0117. The SMILES string of the molecule is O=[N+]([O-])c1c(N2CC(CO)C2)nc2sccn12. The van der Waals surface area contributed by atoms with Crippen molar-refractivity contribution in [3.05, 3.63) is 21.7 Å². The van der Waals surface area contributed by atoms with E-state index in [0.717, 1.165) is 0 Å². The Hall–Kier alpha value is -1.67. The summed E-state index contributed by atoms with van der Waals surface area (Å²) >= 11 is 1.37. The van der Waals surface area contributed by atoms with Crippen LogP contribution in [-0.2, 0) is 0 Å². The van der Waals surface area contributed by atoms with E-state index in [4.69, 9.17) is 5.11 Å². The van der Waals surface area contributed by atoms with Crippen molar-refractivity contribution < 1.29 is 10.0 Å². The van der Waals surface area contributed by atoms with Gasteiger partial charge in [0.1, 0.15) is 6.20 Å². The fourth-order valence-corrected chi connectivity index (χ4v) is 2.71. The van der Waals surface area contributed by atoms with Gasteiger partial charge in [-0.15, -0.1) is 0 Å². The van der Waals surface area contributed by atoms with Gasteiger partial charge in [-0.05, 0) is 4.92 Å². The number of hydrogen-bond acceptors (Lipinski definition) is 6. The van der Waals surface area contributed by atoms with Gasteiger partial charge in [-0.3, -0.25) is 0 Å². The zero-order chi connectivity index (χ0) is 12.0. The molecule has 0 aliphatic carbocycles. The summed E-state index contributed by atoms with van der Waals surface area (Å²) in [5, 5.41) is 21.8. The number of thiazole rings is 1. The van der Waals surface area contributed by atoms with Gasteiger partial charge in [0.15, 0.2) is 0 Å². The molecule has 0 amide bonds. The highest BCUT2D eigenvalue weighted by molar-refractivity contribution is 7.15. The Bertz CT molecular complexity index is 572. The van der Waals surface area contributed by atoms with Gasteiger partial charge in [0.25, 0.3) is 4.96 Å². The molecule has 1 N–H and O–H groups in total. The van der Waals surface area contributed by atoms with Gasteiger partial charge in [0, 0.05) is 31.0 Å². The summed E-state index contributed by atoms with van der Waals surface area (Å²) in [7, 11) is 0. The first-order chi connectivity index (χ1) is 8.20. The molecule has 2 aromatic heterocycles. The molecular weight excluding hydrogens is 244 g/mol. The molecule has 0 aromatic carbocycles. The van der Waals surface area contributed by atoms with Crippen LogP contribution in [0.5, 0.6) is 0 Å². The van der Waals surface area contributed by atoms with E-state index < -0.39 is 4.92 Å². The fraction of sp³-hybridized carbons (Fsp3) is 0.444. The molecule has 8 heteroatoms. The predicted molar refractivity (Wildman–Crippen MR) is 62.5 cm³/mol. The molecule has 0 spiro atoms. The third-order valence-electron chi connectivity index (χ3n) is 2.91. The molecule has 90 valence electrons. The van der Waals surface area contributed by atoms with Crippen LogP contribution >= 0.6 is 11.3 Å². The first kappa shape index (κ1) is 10.5. The van der Waals surface area contributed by atoms with Crippen molar-refractivity contribution in [1.29, 1.82) is 0 Å². The van der Waals surface area contributed by atoms with Crippen molar-refractivity contribution >= 4 is 27.9 Å². The lowest BCUT2D eigenvalue weighted by molar-refractivity contribution is -0.389. The molecule has 0 bridgehead atoms. The first-order valence-corrected chi connectivity index (χ1v) is 6.04. The number of nitro groups is 1. The quantitative estimate of drug-likeness (QED) is 0.645. The standard InChI is InChI=1S/C9H10N4O3S/c14-5-6-3-11(4-6)7-8(13(15)16)12-1-2-17-9(12)10-7/h1-2,6,14H,3-5H2. The average molecular weight is 254 g/mol. The van der Waals surface area contributed by atoms with Crippen LogP contribution in [0.3, 0.4) is 0 Å². The van der Waals surface area contributed by atoms with Gasteiger partial charge in [0.05, 0.1) is 0 Å². The van der Waals surface area contributed by atoms with Crippen molar-refractivity contribution in [1.82, 2.24) is 9.38 Å². The molecule has 1 aliphatic rings. The second-order valence-corrected chi connectivity index (χ2v) is 4.90. The molecule has 0 radical (unpaired) electrons. The highest BCUT2D eigenvalue weighted by Gasteiger charge is 2.35. The molecular formula is C9H10N4O3S. The van der Waals surface area contributed by atoms with Gasteiger partial charge in [-0.2, -0.15) is 9.38 Å². The Balaban J connectivity index is 2.01. The molecule has 1 fully saturated rings. The number of nitrogens with zero attached hydrogens (tertiary/aromatic N) is 4. The zero-order valence-electron chi connectivity index (χ0n) is 8.81. The molecule has 17 heavy (non-hydrogen) atoms. The number of aliphatic hydroxyl groups excluding tert-OH is 1. The summed E-state index contributed by atoms with van der Waals surface area (Å²) in [4.78, 5) is 17.4. The highest BCUT2D eigenvalue weighted by Crippen LogP contribution is 2.34. The van der Waals surface area contributed by atoms with Crippen LogP contribution in [0.4, 0.5) is 11.6 Å². The monoisotopic (exact) mass is 254 g/mol. The summed E-state index contributed by atoms with van der Waals surface area (Å²) < 4.78 is 1.49. The van der Waals surface area contributed by atoms with Crippen LogP contribution < -0.4 is 4.90 Å². The van der Waals surface area contributed by atoms with Crippen LogP contribution in [0.1, 0.15) is 0 Å². The minimum Gasteiger partial charge on any atom is -0.396 e. The molecule has 0 unspecified atom stereocenters. The maximum Gasteiger partial charge on any atom is 0.373 e. The number of aliphatic hydroxyl groups is 1. The molecule has 3 rings (SSSR count). The van der Waals surface area contributed by atoms with Gasteiger partial charge in [-0.1, -0.05) is 11.3 Å². The van der Waals surface area contributed by atoms with E-state index in [1.807, 2.05) is 4.90 Å². The first-order valence-electron chi connectivity index (χ1n) is 5.16. The van der Waals surface area contributed by atoms with Crippen molar-refractivity contribution in [3.8, 4) is 0 Å². The molecule has 7 nitrogen and oxygen atoms in total. The number of imidazole rings is 1. The van der Waals surface area contributed by atoms with Gasteiger partial charge in [0.2, 0.25) is 5.82 Å². The van der Waals surface area contributed by atoms with Crippen LogP contribution in [0.2, 0.25) is 0 Å². The lowest BCUT2D eigenvalue weighted by Gasteiger charge is -2.37. The number of hydrogen-bond donors (Lipinski definition) is 1. The highest BCUT2D eigenvalue weighted by atomic mass is 32.1. The number of anilines is 1. The number of aromatic nitrogens is 2.